The number of nitrogens with two attached hydrogens (primary N) is 1. The van der Waals surface area contributed by atoms with Crippen molar-refractivity contribution in [2.75, 3.05) is 5.73 Å². The summed E-state index contributed by atoms with van der Waals surface area (Å²) in [6.07, 6.45) is -3.34. The Hall–Kier alpha value is -2.77. The second kappa shape index (κ2) is 4.37. The van der Waals surface area contributed by atoms with E-state index in [0.717, 1.165) is 6.07 Å². The van der Waals surface area contributed by atoms with Crippen LogP contribution < -0.4 is 5.73 Å². The first-order valence-electron chi connectivity index (χ1n) is 5.87. The highest BCUT2D eigenvalue weighted by molar-refractivity contribution is 5.78. The van der Waals surface area contributed by atoms with Crippen molar-refractivity contribution in [2.45, 2.75) is 6.18 Å². The maximum absolute atomic E-state index is 13.0. The van der Waals surface area contributed by atoms with E-state index >= 15 is 0 Å². The van der Waals surface area contributed by atoms with E-state index in [1.807, 2.05) is 0 Å². The fourth-order valence-electron chi connectivity index (χ4n) is 2.06. The average Bonchev–Trinajstić information content (AvgIpc) is 2.80. The highest BCUT2D eigenvalue weighted by atomic mass is 19.4. The monoisotopic (exact) mass is 294 g/mol. The van der Waals surface area contributed by atoms with Gasteiger partial charge in [-0.25, -0.2) is 9.50 Å². The van der Waals surface area contributed by atoms with Crippen molar-refractivity contribution in [3.63, 3.8) is 0 Å². The van der Waals surface area contributed by atoms with E-state index in [4.69, 9.17) is 5.73 Å². The molecule has 108 valence electrons. The molecule has 0 bridgehead atoms. The number of aromatic hydroxyl groups is 1. The first-order chi connectivity index (χ1) is 9.86. The Morgan fingerprint density at radius 2 is 1.95 bits per heavy atom. The topological polar surface area (TPSA) is 76.4 Å². The number of rotatable bonds is 1. The molecule has 2 aromatic heterocycles. The number of hydrogen-bond donors (Lipinski definition) is 2. The van der Waals surface area contributed by atoms with Gasteiger partial charge in [-0.15, -0.1) is 0 Å². The van der Waals surface area contributed by atoms with Crippen LogP contribution in [0, 0.1) is 0 Å². The van der Waals surface area contributed by atoms with Gasteiger partial charge in [-0.3, -0.25) is 0 Å². The third kappa shape index (κ3) is 2.24. The van der Waals surface area contributed by atoms with Gasteiger partial charge in [0.05, 0.1) is 6.20 Å². The summed E-state index contributed by atoms with van der Waals surface area (Å²) in [5.41, 5.74) is 5.28. The van der Waals surface area contributed by atoms with Crippen LogP contribution >= 0.6 is 0 Å². The molecule has 2 heterocycles. The predicted octanol–water partition coefficient (Wildman–Crippen LogP) is 2.70. The van der Waals surface area contributed by atoms with Crippen molar-refractivity contribution >= 4 is 11.5 Å². The normalized spacial score (nSPS) is 12.0. The molecule has 0 aliphatic carbocycles. The van der Waals surface area contributed by atoms with Crippen molar-refractivity contribution in [1.29, 1.82) is 0 Å². The number of aromatic nitrogens is 3. The number of nitrogen functional groups attached to an aromatic ring is 1. The summed E-state index contributed by atoms with van der Waals surface area (Å²) in [6.45, 7) is 0. The quantitative estimate of drug-likeness (QED) is 0.723. The van der Waals surface area contributed by atoms with Gasteiger partial charge in [0.15, 0.2) is 11.3 Å². The molecular weight excluding hydrogens is 285 g/mol. The first kappa shape index (κ1) is 13.2. The molecule has 0 fully saturated rings. The van der Waals surface area contributed by atoms with Gasteiger partial charge in [0.25, 0.3) is 0 Å². The minimum absolute atomic E-state index is 0.00759. The molecule has 0 spiro atoms. The summed E-state index contributed by atoms with van der Waals surface area (Å²) in [6, 6.07) is 6.81. The van der Waals surface area contributed by atoms with E-state index in [1.165, 1.54) is 18.3 Å². The van der Waals surface area contributed by atoms with Gasteiger partial charge in [0.1, 0.15) is 11.6 Å². The molecule has 0 atom stereocenters. The molecule has 0 unspecified atom stereocenters. The number of halogens is 3. The number of hydrogen-bond acceptors (Lipinski definition) is 4. The molecule has 0 radical (unpaired) electrons. The minimum atomic E-state index is -4.60. The van der Waals surface area contributed by atoms with Crippen LogP contribution in [0.25, 0.3) is 16.8 Å². The molecule has 0 saturated heterocycles. The Bertz CT molecular complexity index is 826. The van der Waals surface area contributed by atoms with Crippen LogP contribution in [0.15, 0.2) is 36.5 Å². The van der Waals surface area contributed by atoms with Gasteiger partial charge in [-0.05, 0) is 17.7 Å². The van der Waals surface area contributed by atoms with Crippen molar-refractivity contribution in [3.8, 4) is 16.9 Å². The highest BCUT2D eigenvalue weighted by Gasteiger charge is 2.35. The molecule has 3 N–H and O–H groups in total. The lowest BCUT2D eigenvalue weighted by molar-refractivity contribution is -0.142. The highest BCUT2D eigenvalue weighted by Crippen LogP contribution is 2.33. The van der Waals surface area contributed by atoms with Crippen molar-refractivity contribution in [2.24, 2.45) is 0 Å². The van der Waals surface area contributed by atoms with Gasteiger partial charge in [-0.2, -0.15) is 18.3 Å². The minimum Gasteiger partial charge on any atom is -0.508 e. The Kier molecular flexibility index (Phi) is 2.75. The maximum Gasteiger partial charge on any atom is 0.433 e. The van der Waals surface area contributed by atoms with Crippen molar-refractivity contribution in [3.05, 3.63) is 42.2 Å². The average molecular weight is 294 g/mol. The van der Waals surface area contributed by atoms with Gasteiger partial charge in [0.2, 0.25) is 0 Å². The number of fused-ring (bicyclic) bond motifs is 1. The zero-order chi connectivity index (χ0) is 15.2. The molecule has 0 aliphatic rings. The summed E-state index contributed by atoms with van der Waals surface area (Å²) < 4.78 is 39.7. The number of benzene rings is 1. The second-order valence-electron chi connectivity index (χ2n) is 4.41. The lowest BCUT2D eigenvalue weighted by atomic mass is 10.1. The largest absolute Gasteiger partial charge is 0.508 e. The predicted molar refractivity (Wildman–Crippen MR) is 69.5 cm³/mol. The summed E-state index contributed by atoms with van der Waals surface area (Å²) in [5, 5.41) is 13.2. The smallest absolute Gasteiger partial charge is 0.433 e. The Morgan fingerprint density at radius 3 is 2.62 bits per heavy atom. The Balaban J connectivity index is 2.30. The van der Waals surface area contributed by atoms with Gasteiger partial charge >= 0.3 is 6.18 Å². The van der Waals surface area contributed by atoms with Crippen LogP contribution in [0.3, 0.4) is 0 Å². The zero-order valence-corrected chi connectivity index (χ0v) is 10.5. The molecule has 0 aliphatic heterocycles. The maximum atomic E-state index is 13.0. The van der Waals surface area contributed by atoms with E-state index in [9.17, 15) is 18.3 Å². The third-order valence-corrected chi connectivity index (χ3v) is 2.94. The molecule has 1 aromatic carbocycles. The van der Waals surface area contributed by atoms with E-state index in [2.05, 4.69) is 10.1 Å². The van der Waals surface area contributed by atoms with Crippen molar-refractivity contribution < 1.29 is 18.3 Å². The van der Waals surface area contributed by atoms with Gasteiger partial charge in [0, 0.05) is 11.6 Å². The molecular formula is C13H9F3N4O. The molecule has 5 nitrogen and oxygen atoms in total. The van der Waals surface area contributed by atoms with E-state index in [1.54, 1.807) is 12.1 Å². The molecule has 8 heteroatoms. The molecule has 0 saturated carbocycles. The molecule has 3 rings (SSSR count). The lowest BCUT2D eigenvalue weighted by Gasteiger charge is -2.09. The Labute approximate surface area is 116 Å². The molecule has 3 aromatic rings. The van der Waals surface area contributed by atoms with Gasteiger partial charge in [-0.1, -0.05) is 12.1 Å². The summed E-state index contributed by atoms with van der Waals surface area (Å²) in [5.74, 6) is -0.261. The van der Waals surface area contributed by atoms with Crippen LogP contribution in [-0.4, -0.2) is 19.7 Å². The third-order valence-electron chi connectivity index (χ3n) is 2.94. The zero-order valence-electron chi connectivity index (χ0n) is 10.5. The number of phenols is 1. The van der Waals surface area contributed by atoms with Crippen LogP contribution in [-0.2, 0) is 6.18 Å². The molecule has 0 amide bonds. The summed E-state index contributed by atoms with van der Waals surface area (Å²) >= 11 is 0. The Morgan fingerprint density at radius 1 is 1.19 bits per heavy atom. The fraction of sp³-hybridized carbons (Fsp3) is 0.0769. The number of anilines is 1. The molecule has 21 heavy (non-hydrogen) atoms. The van der Waals surface area contributed by atoms with Crippen molar-refractivity contribution in [1.82, 2.24) is 14.6 Å². The van der Waals surface area contributed by atoms with E-state index in [-0.39, 0.29) is 17.2 Å². The second-order valence-corrected chi connectivity index (χ2v) is 4.41. The van der Waals surface area contributed by atoms with Crippen LogP contribution in [0.4, 0.5) is 19.0 Å². The standard InChI is InChI=1S/C13H9F3N4O/c14-13(15,16)10-5-11(17)19-12-9(6-18-20(10)12)7-2-1-3-8(21)4-7/h1-6,21H,(H2,17,19). The first-order valence-corrected chi connectivity index (χ1v) is 5.87. The summed E-state index contributed by atoms with van der Waals surface area (Å²) in [4.78, 5) is 3.91. The fourth-order valence-corrected chi connectivity index (χ4v) is 2.06. The van der Waals surface area contributed by atoms with Gasteiger partial charge < -0.3 is 10.8 Å². The van der Waals surface area contributed by atoms with Crippen LogP contribution in [0.1, 0.15) is 5.69 Å². The number of phenolic OH excluding ortho intramolecular Hbond substituents is 1. The van der Waals surface area contributed by atoms with Crippen LogP contribution in [0.5, 0.6) is 5.75 Å². The van der Waals surface area contributed by atoms with E-state index < -0.39 is 11.9 Å². The van der Waals surface area contributed by atoms with Crippen LogP contribution in [0.2, 0.25) is 0 Å². The summed E-state index contributed by atoms with van der Waals surface area (Å²) in [7, 11) is 0. The van der Waals surface area contributed by atoms with E-state index in [0.29, 0.717) is 15.6 Å². The lowest BCUT2D eigenvalue weighted by Crippen LogP contribution is -2.14. The number of nitrogens with zero attached hydrogens (tertiary/aromatic N) is 3. The SMILES string of the molecule is Nc1cc(C(F)(F)F)n2ncc(-c3cccc(O)c3)c2n1. The number of alkyl halides is 3.